The number of H-pyrrole nitrogens is 1. The molecule has 2 fully saturated rings. The Hall–Kier alpha value is -2.02. The van der Waals surface area contributed by atoms with Gasteiger partial charge in [0.1, 0.15) is 0 Å². The number of aromatic nitrogens is 2. The normalized spacial score (nSPS) is 21.0. The molecule has 6 nitrogen and oxygen atoms in total. The van der Waals surface area contributed by atoms with Crippen molar-refractivity contribution in [2.45, 2.75) is 43.8 Å². The summed E-state index contributed by atoms with van der Waals surface area (Å²) in [6.07, 6.45) is 3.58. The van der Waals surface area contributed by atoms with E-state index in [2.05, 4.69) is 23.0 Å². The number of hydrogen-bond acceptors (Lipinski definition) is 4. The molecule has 2 aromatic rings. The summed E-state index contributed by atoms with van der Waals surface area (Å²) >= 11 is 1.45. The van der Waals surface area contributed by atoms with Crippen LogP contribution in [0.15, 0.2) is 23.4 Å². The largest absolute Gasteiger partial charge is 0.340 e. The molecule has 7 heteroatoms. The molecule has 1 atom stereocenters. The van der Waals surface area contributed by atoms with Crippen molar-refractivity contribution in [1.82, 2.24) is 19.8 Å². The maximum Gasteiger partial charge on any atom is 0.233 e. The first kappa shape index (κ1) is 17.4. The van der Waals surface area contributed by atoms with Gasteiger partial charge in [-0.2, -0.15) is 0 Å². The first-order chi connectivity index (χ1) is 12.6. The molecule has 0 bridgehead atoms. The fraction of sp³-hybridized carbons (Fsp3) is 0.526. The number of amides is 2. The summed E-state index contributed by atoms with van der Waals surface area (Å²) in [5.74, 6) is 0.749. The van der Waals surface area contributed by atoms with Crippen molar-refractivity contribution in [1.29, 1.82) is 0 Å². The number of benzene rings is 1. The number of imidazole rings is 1. The number of aryl methyl sites for hydroxylation is 1. The maximum atomic E-state index is 12.6. The van der Waals surface area contributed by atoms with Crippen LogP contribution in [0.4, 0.5) is 0 Å². The number of piperidine rings is 1. The molecule has 2 aliphatic rings. The Balaban J connectivity index is 1.35. The molecule has 2 saturated heterocycles. The lowest BCUT2D eigenvalue weighted by atomic mass is 10.0. The van der Waals surface area contributed by atoms with Gasteiger partial charge in [0.05, 0.1) is 16.8 Å². The molecule has 1 N–H and O–H groups in total. The highest BCUT2D eigenvalue weighted by Gasteiger charge is 2.32. The minimum atomic E-state index is 0.128. The second kappa shape index (κ2) is 7.31. The van der Waals surface area contributed by atoms with E-state index < -0.39 is 0 Å². The Labute approximate surface area is 157 Å². The number of aromatic amines is 1. The van der Waals surface area contributed by atoms with Gasteiger partial charge in [0.2, 0.25) is 11.8 Å². The standard InChI is InChI=1S/C19H24N4O2S/c1-13-6-7-15-16(10-13)21-19(20-15)26-12-18(25)22-8-2-4-14(11-22)23-9-3-5-17(23)24/h6-7,10,14H,2-5,8-9,11-12H2,1H3,(H,20,21)/t14-/m1/s1. The number of nitrogens with one attached hydrogen (secondary N) is 1. The Morgan fingerprint density at radius 1 is 1.35 bits per heavy atom. The van der Waals surface area contributed by atoms with Gasteiger partial charge in [-0.25, -0.2) is 4.98 Å². The van der Waals surface area contributed by atoms with Crippen LogP contribution in [-0.2, 0) is 9.59 Å². The zero-order valence-corrected chi connectivity index (χ0v) is 15.8. The molecule has 1 aromatic carbocycles. The molecule has 4 rings (SSSR count). The van der Waals surface area contributed by atoms with Crippen LogP contribution in [0.1, 0.15) is 31.2 Å². The Morgan fingerprint density at radius 3 is 3.04 bits per heavy atom. The Morgan fingerprint density at radius 2 is 2.23 bits per heavy atom. The van der Waals surface area contributed by atoms with Crippen molar-refractivity contribution in [3.8, 4) is 0 Å². The number of likely N-dealkylation sites (tertiary alicyclic amines) is 2. The van der Waals surface area contributed by atoms with Gasteiger partial charge in [-0.3, -0.25) is 9.59 Å². The monoisotopic (exact) mass is 372 g/mol. The van der Waals surface area contributed by atoms with Crippen LogP contribution in [0, 0.1) is 6.92 Å². The number of nitrogens with zero attached hydrogens (tertiary/aromatic N) is 3. The third-order valence-corrected chi connectivity index (χ3v) is 6.11. The molecule has 1 aromatic heterocycles. The van der Waals surface area contributed by atoms with Gasteiger partial charge in [-0.15, -0.1) is 0 Å². The molecular formula is C19H24N4O2S. The highest BCUT2D eigenvalue weighted by Crippen LogP contribution is 2.24. The molecular weight excluding hydrogens is 348 g/mol. The predicted octanol–water partition coefficient (Wildman–Crippen LogP) is 2.58. The zero-order valence-electron chi connectivity index (χ0n) is 15.0. The van der Waals surface area contributed by atoms with Gasteiger partial charge in [0.25, 0.3) is 0 Å². The zero-order chi connectivity index (χ0) is 18.1. The maximum absolute atomic E-state index is 12.6. The first-order valence-corrected chi connectivity index (χ1v) is 10.2. The predicted molar refractivity (Wildman–Crippen MR) is 102 cm³/mol. The second-order valence-electron chi connectivity index (χ2n) is 7.18. The van der Waals surface area contributed by atoms with E-state index in [1.807, 2.05) is 21.9 Å². The molecule has 0 radical (unpaired) electrons. The smallest absolute Gasteiger partial charge is 0.233 e. The van der Waals surface area contributed by atoms with Crippen LogP contribution in [0.3, 0.4) is 0 Å². The van der Waals surface area contributed by atoms with Crippen molar-refractivity contribution in [2.75, 3.05) is 25.4 Å². The summed E-state index contributed by atoms with van der Waals surface area (Å²) in [7, 11) is 0. The third kappa shape index (κ3) is 3.58. The third-order valence-electron chi connectivity index (χ3n) is 5.25. The van der Waals surface area contributed by atoms with E-state index in [1.165, 1.54) is 17.3 Å². The van der Waals surface area contributed by atoms with Gasteiger partial charge in [0.15, 0.2) is 5.16 Å². The van der Waals surface area contributed by atoms with E-state index in [0.717, 1.165) is 48.5 Å². The van der Waals surface area contributed by atoms with E-state index in [1.54, 1.807) is 0 Å². The number of rotatable bonds is 4. The summed E-state index contributed by atoms with van der Waals surface area (Å²) in [6, 6.07) is 6.30. The van der Waals surface area contributed by atoms with E-state index in [9.17, 15) is 9.59 Å². The van der Waals surface area contributed by atoms with E-state index >= 15 is 0 Å². The highest BCUT2D eigenvalue weighted by molar-refractivity contribution is 7.99. The topological polar surface area (TPSA) is 69.3 Å². The lowest BCUT2D eigenvalue weighted by Crippen LogP contribution is -2.50. The van der Waals surface area contributed by atoms with E-state index in [4.69, 9.17) is 0 Å². The van der Waals surface area contributed by atoms with Crippen LogP contribution in [0.5, 0.6) is 0 Å². The van der Waals surface area contributed by atoms with Crippen LogP contribution in [0.25, 0.3) is 11.0 Å². The average Bonchev–Trinajstić information content (AvgIpc) is 3.25. The average molecular weight is 372 g/mol. The quantitative estimate of drug-likeness (QED) is 0.838. The summed E-state index contributed by atoms with van der Waals surface area (Å²) in [4.78, 5) is 36.3. The van der Waals surface area contributed by atoms with Crippen molar-refractivity contribution in [3.05, 3.63) is 23.8 Å². The fourth-order valence-electron chi connectivity index (χ4n) is 3.88. The van der Waals surface area contributed by atoms with E-state index in [0.29, 0.717) is 18.7 Å². The van der Waals surface area contributed by atoms with Gasteiger partial charge in [0, 0.05) is 32.1 Å². The van der Waals surface area contributed by atoms with Crippen LogP contribution in [-0.4, -0.2) is 63.0 Å². The SMILES string of the molecule is Cc1ccc2nc(SCC(=O)N3CCC[C@@H](N4CCCC4=O)C3)[nH]c2c1. The second-order valence-corrected chi connectivity index (χ2v) is 8.14. The molecule has 3 heterocycles. The Kier molecular flexibility index (Phi) is 4.89. The minimum absolute atomic E-state index is 0.128. The van der Waals surface area contributed by atoms with Gasteiger partial charge in [-0.05, 0) is 43.9 Å². The van der Waals surface area contributed by atoms with Gasteiger partial charge in [-0.1, -0.05) is 17.8 Å². The lowest BCUT2D eigenvalue weighted by Gasteiger charge is -2.37. The molecule has 0 saturated carbocycles. The van der Waals surface area contributed by atoms with Crippen molar-refractivity contribution >= 4 is 34.6 Å². The minimum Gasteiger partial charge on any atom is -0.340 e. The lowest BCUT2D eigenvalue weighted by molar-refractivity contribution is -0.135. The summed E-state index contributed by atoms with van der Waals surface area (Å²) in [5, 5.41) is 0.780. The Bertz CT molecular complexity index is 834. The molecule has 0 spiro atoms. The molecule has 2 amide bonds. The van der Waals surface area contributed by atoms with Crippen LogP contribution >= 0.6 is 11.8 Å². The van der Waals surface area contributed by atoms with Crippen LogP contribution < -0.4 is 0 Å². The molecule has 26 heavy (non-hydrogen) atoms. The fourth-order valence-corrected chi connectivity index (χ4v) is 4.67. The van der Waals surface area contributed by atoms with Crippen molar-refractivity contribution in [2.24, 2.45) is 0 Å². The summed E-state index contributed by atoms with van der Waals surface area (Å²) in [6.45, 7) is 4.36. The highest BCUT2D eigenvalue weighted by atomic mass is 32.2. The van der Waals surface area contributed by atoms with Gasteiger partial charge >= 0.3 is 0 Å². The summed E-state index contributed by atoms with van der Waals surface area (Å²) < 4.78 is 0. The number of hydrogen-bond donors (Lipinski definition) is 1. The van der Waals surface area contributed by atoms with E-state index in [-0.39, 0.29) is 17.9 Å². The number of thioether (sulfide) groups is 1. The number of fused-ring (bicyclic) bond motifs is 1. The summed E-state index contributed by atoms with van der Waals surface area (Å²) in [5.41, 5.74) is 3.12. The number of carbonyl (C=O) groups is 2. The van der Waals surface area contributed by atoms with Gasteiger partial charge < -0.3 is 14.8 Å². The van der Waals surface area contributed by atoms with Crippen molar-refractivity contribution < 1.29 is 9.59 Å². The number of carbonyl (C=O) groups excluding carboxylic acids is 2. The molecule has 2 aliphatic heterocycles. The van der Waals surface area contributed by atoms with Crippen LogP contribution in [0.2, 0.25) is 0 Å². The molecule has 0 unspecified atom stereocenters. The molecule has 138 valence electrons. The first-order valence-electron chi connectivity index (χ1n) is 9.26. The van der Waals surface area contributed by atoms with Crippen molar-refractivity contribution in [3.63, 3.8) is 0 Å². The molecule has 0 aliphatic carbocycles.